The van der Waals surface area contributed by atoms with Crippen LogP contribution in [0.2, 0.25) is 0 Å². The second kappa shape index (κ2) is 7.46. The third-order valence-electron chi connectivity index (χ3n) is 3.54. The van der Waals surface area contributed by atoms with E-state index in [-0.39, 0.29) is 6.04 Å². The van der Waals surface area contributed by atoms with Crippen LogP contribution in [0.3, 0.4) is 0 Å². The molecule has 1 atom stereocenters. The summed E-state index contributed by atoms with van der Waals surface area (Å²) >= 11 is 7.41. The quantitative estimate of drug-likeness (QED) is 0.594. The molecule has 110 valence electrons. The van der Waals surface area contributed by atoms with Crippen LogP contribution < -0.4 is 10.6 Å². The van der Waals surface area contributed by atoms with E-state index in [0.717, 1.165) is 48.5 Å². The van der Waals surface area contributed by atoms with Gasteiger partial charge in [0, 0.05) is 42.1 Å². The lowest BCUT2D eigenvalue weighted by Gasteiger charge is -2.38. The van der Waals surface area contributed by atoms with E-state index in [1.807, 2.05) is 12.4 Å². The maximum Gasteiger partial charge on any atom is 0.225 e. The SMILES string of the molecule is CCCC(C(N)=S)N1CCN(c2ncc(I)cn2)CC1. The Labute approximate surface area is 139 Å². The highest BCUT2D eigenvalue weighted by Crippen LogP contribution is 2.15. The number of anilines is 1. The molecule has 1 aliphatic rings. The Hall–Kier alpha value is -0.540. The topological polar surface area (TPSA) is 58.3 Å². The Morgan fingerprint density at radius 3 is 2.45 bits per heavy atom. The highest BCUT2D eigenvalue weighted by atomic mass is 127. The third kappa shape index (κ3) is 3.98. The molecule has 1 aliphatic heterocycles. The zero-order valence-corrected chi connectivity index (χ0v) is 14.6. The monoisotopic (exact) mass is 405 g/mol. The second-order valence-corrected chi connectivity index (χ2v) is 6.65. The van der Waals surface area contributed by atoms with Gasteiger partial charge < -0.3 is 10.6 Å². The van der Waals surface area contributed by atoms with E-state index in [4.69, 9.17) is 18.0 Å². The van der Waals surface area contributed by atoms with Gasteiger partial charge in [0.15, 0.2) is 0 Å². The molecule has 0 amide bonds. The number of hydrogen-bond acceptors (Lipinski definition) is 5. The predicted octanol–water partition coefficient (Wildman–Crippen LogP) is 1.66. The summed E-state index contributed by atoms with van der Waals surface area (Å²) in [7, 11) is 0. The molecule has 1 fully saturated rings. The number of hydrogen-bond donors (Lipinski definition) is 1. The van der Waals surface area contributed by atoms with Gasteiger partial charge in [-0.15, -0.1) is 0 Å². The van der Waals surface area contributed by atoms with Crippen molar-refractivity contribution in [3.05, 3.63) is 16.0 Å². The fraction of sp³-hybridized carbons (Fsp3) is 0.615. The number of halogens is 1. The molecule has 0 aromatic carbocycles. The Morgan fingerprint density at radius 1 is 1.35 bits per heavy atom. The fourth-order valence-corrected chi connectivity index (χ4v) is 3.03. The Kier molecular flexibility index (Phi) is 5.91. The summed E-state index contributed by atoms with van der Waals surface area (Å²) in [5, 5.41) is 0. The van der Waals surface area contributed by atoms with E-state index in [1.165, 1.54) is 0 Å². The summed E-state index contributed by atoms with van der Waals surface area (Å²) in [5.74, 6) is 0.812. The van der Waals surface area contributed by atoms with Crippen molar-refractivity contribution in [2.45, 2.75) is 25.8 Å². The van der Waals surface area contributed by atoms with Crippen LogP contribution in [0.15, 0.2) is 12.4 Å². The van der Waals surface area contributed by atoms with Crippen LogP contribution in [0, 0.1) is 3.57 Å². The average molecular weight is 405 g/mol. The van der Waals surface area contributed by atoms with Crippen LogP contribution in [-0.2, 0) is 0 Å². The summed E-state index contributed by atoms with van der Waals surface area (Å²) in [6.07, 6.45) is 5.84. The van der Waals surface area contributed by atoms with E-state index in [2.05, 4.69) is 49.3 Å². The molecule has 7 heteroatoms. The van der Waals surface area contributed by atoms with Crippen LogP contribution in [0.25, 0.3) is 0 Å². The van der Waals surface area contributed by atoms with E-state index in [9.17, 15) is 0 Å². The minimum atomic E-state index is 0.231. The van der Waals surface area contributed by atoms with Gasteiger partial charge in [-0.1, -0.05) is 25.6 Å². The van der Waals surface area contributed by atoms with Gasteiger partial charge in [-0.05, 0) is 29.0 Å². The molecule has 0 aliphatic carbocycles. The van der Waals surface area contributed by atoms with Gasteiger partial charge >= 0.3 is 0 Å². The molecular weight excluding hydrogens is 385 g/mol. The van der Waals surface area contributed by atoms with Gasteiger partial charge in [0.1, 0.15) is 0 Å². The molecule has 1 saturated heterocycles. The summed E-state index contributed by atoms with van der Waals surface area (Å²) in [6, 6.07) is 0.231. The van der Waals surface area contributed by atoms with Gasteiger partial charge in [0.05, 0.1) is 11.0 Å². The lowest BCUT2D eigenvalue weighted by molar-refractivity contribution is 0.218. The maximum absolute atomic E-state index is 5.87. The average Bonchev–Trinajstić information content (AvgIpc) is 2.45. The molecular formula is C13H20IN5S. The molecule has 1 aromatic heterocycles. The van der Waals surface area contributed by atoms with Crippen LogP contribution >= 0.6 is 34.8 Å². The van der Waals surface area contributed by atoms with Gasteiger partial charge in [0.2, 0.25) is 5.95 Å². The summed E-state index contributed by atoms with van der Waals surface area (Å²) in [6.45, 7) is 5.92. The second-order valence-electron chi connectivity index (χ2n) is 4.93. The fourth-order valence-electron chi connectivity index (χ4n) is 2.48. The standard InChI is InChI=1S/C13H20IN5S/c1-2-3-11(12(15)20)18-4-6-19(7-5-18)13-16-8-10(14)9-17-13/h8-9,11H,2-7H2,1H3,(H2,15,20). The third-order valence-corrected chi connectivity index (χ3v) is 4.36. The van der Waals surface area contributed by atoms with Crippen molar-refractivity contribution >= 4 is 45.7 Å². The first kappa shape index (κ1) is 15.8. The minimum Gasteiger partial charge on any atom is -0.392 e. The number of aromatic nitrogens is 2. The number of nitrogens with zero attached hydrogens (tertiary/aromatic N) is 4. The maximum atomic E-state index is 5.87. The minimum absolute atomic E-state index is 0.231. The van der Waals surface area contributed by atoms with Gasteiger partial charge in [0.25, 0.3) is 0 Å². The molecule has 2 heterocycles. The van der Waals surface area contributed by atoms with Gasteiger partial charge in [-0.2, -0.15) is 0 Å². The zero-order chi connectivity index (χ0) is 14.5. The Balaban J connectivity index is 1.94. The van der Waals surface area contributed by atoms with E-state index in [0.29, 0.717) is 4.99 Å². The first-order valence-corrected chi connectivity index (χ1v) is 8.36. The number of piperazine rings is 1. The lowest BCUT2D eigenvalue weighted by atomic mass is 10.1. The molecule has 0 radical (unpaired) electrons. The first-order valence-electron chi connectivity index (χ1n) is 6.87. The zero-order valence-electron chi connectivity index (χ0n) is 11.6. The first-order chi connectivity index (χ1) is 9.61. The predicted molar refractivity (Wildman–Crippen MR) is 94.0 cm³/mol. The normalized spacial score (nSPS) is 18.0. The number of nitrogens with two attached hydrogens (primary N) is 1. The van der Waals surface area contributed by atoms with Crippen molar-refractivity contribution < 1.29 is 0 Å². The van der Waals surface area contributed by atoms with Crippen LogP contribution in [0.5, 0.6) is 0 Å². The lowest BCUT2D eigenvalue weighted by Crippen LogP contribution is -2.54. The molecule has 0 bridgehead atoms. The summed E-state index contributed by atoms with van der Waals surface area (Å²) in [4.78, 5) is 14.0. The summed E-state index contributed by atoms with van der Waals surface area (Å²) < 4.78 is 1.06. The highest BCUT2D eigenvalue weighted by Gasteiger charge is 2.25. The molecule has 20 heavy (non-hydrogen) atoms. The van der Waals surface area contributed by atoms with Gasteiger partial charge in [-0.3, -0.25) is 4.90 Å². The van der Waals surface area contributed by atoms with Crippen LogP contribution in [-0.4, -0.2) is 52.1 Å². The molecule has 5 nitrogen and oxygen atoms in total. The van der Waals surface area contributed by atoms with E-state index in [1.54, 1.807) is 0 Å². The van der Waals surface area contributed by atoms with Crippen LogP contribution in [0.1, 0.15) is 19.8 Å². The van der Waals surface area contributed by atoms with Crippen molar-refractivity contribution in [2.24, 2.45) is 5.73 Å². The Morgan fingerprint density at radius 2 is 1.95 bits per heavy atom. The molecule has 0 spiro atoms. The summed E-state index contributed by atoms with van der Waals surface area (Å²) in [5.41, 5.74) is 5.87. The molecule has 2 N–H and O–H groups in total. The van der Waals surface area contributed by atoms with Gasteiger partial charge in [-0.25, -0.2) is 9.97 Å². The van der Waals surface area contributed by atoms with Crippen LogP contribution in [0.4, 0.5) is 5.95 Å². The number of rotatable bonds is 5. The molecule has 1 aromatic rings. The molecule has 2 rings (SSSR count). The van der Waals surface area contributed by atoms with Crippen molar-refractivity contribution in [1.29, 1.82) is 0 Å². The van der Waals surface area contributed by atoms with E-state index < -0.39 is 0 Å². The van der Waals surface area contributed by atoms with Crippen molar-refractivity contribution in [3.8, 4) is 0 Å². The molecule has 1 unspecified atom stereocenters. The molecule has 0 saturated carbocycles. The Bertz CT molecular complexity index is 445. The van der Waals surface area contributed by atoms with Crippen molar-refractivity contribution in [1.82, 2.24) is 14.9 Å². The largest absolute Gasteiger partial charge is 0.392 e. The number of thiocarbonyl (C=S) groups is 1. The van der Waals surface area contributed by atoms with Crippen molar-refractivity contribution in [3.63, 3.8) is 0 Å². The van der Waals surface area contributed by atoms with Crippen molar-refractivity contribution in [2.75, 3.05) is 31.1 Å². The smallest absolute Gasteiger partial charge is 0.225 e. The highest BCUT2D eigenvalue weighted by molar-refractivity contribution is 14.1. The van der Waals surface area contributed by atoms with E-state index >= 15 is 0 Å².